The van der Waals surface area contributed by atoms with E-state index in [0.29, 0.717) is 5.56 Å². The minimum absolute atomic E-state index is 0.120. The fourth-order valence-corrected chi connectivity index (χ4v) is 3.47. The Hall–Kier alpha value is -2.13. The molecule has 2 rings (SSSR count). The first-order valence-electron chi connectivity index (χ1n) is 8.97. The topological polar surface area (TPSA) is 68.5 Å². The number of aryl methyl sites for hydroxylation is 1. The lowest BCUT2D eigenvalue weighted by Gasteiger charge is -2.25. The van der Waals surface area contributed by atoms with Crippen molar-refractivity contribution in [3.63, 3.8) is 0 Å². The van der Waals surface area contributed by atoms with E-state index in [1.807, 2.05) is 0 Å². The Balaban J connectivity index is 2.63. The van der Waals surface area contributed by atoms with Crippen molar-refractivity contribution in [3.05, 3.63) is 47.4 Å². The average Bonchev–Trinajstić information content (AvgIpc) is 2.98. The first-order valence-corrected chi connectivity index (χ1v) is 10.1. The van der Waals surface area contributed by atoms with Crippen LogP contribution in [0.1, 0.15) is 55.4 Å². The van der Waals surface area contributed by atoms with Crippen LogP contribution < -0.4 is 4.72 Å². The molecule has 0 aliphatic rings. The maximum absolute atomic E-state index is 13.9. The lowest BCUT2D eigenvalue weighted by atomic mass is 9.95. The van der Waals surface area contributed by atoms with Crippen LogP contribution in [0.5, 0.6) is 0 Å². The molecule has 2 atom stereocenters. The molecule has 1 heterocycles. The van der Waals surface area contributed by atoms with Gasteiger partial charge in [0.2, 0.25) is 0 Å². The minimum atomic E-state index is -4.78. The van der Waals surface area contributed by atoms with Gasteiger partial charge in [0, 0.05) is 5.56 Å². The summed E-state index contributed by atoms with van der Waals surface area (Å²) in [5, 5.41) is 0. The van der Waals surface area contributed by atoms with Crippen molar-refractivity contribution in [2.24, 2.45) is 0 Å². The molecule has 5 nitrogen and oxygen atoms in total. The molecule has 160 valence electrons. The second kappa shape index (κ2) is 8.71. The molecule has 1 unspecified atom stereocenters. The molecule has 9 heteroatoms. The van der Waals surface area contributed by atoms with Gasteiger partial charge in [-0.2, -0.15) is 13.2 Å². The number of furan rings is 1. The molecule has 1 aromatic heterocycles. The number of halogens is 3. The van der Waals surface area contributed by atoms with Gasteiger partial charge in [-0.05, 0) is 51.8 Å². The molecule has 0 bridgehead atoms. The molecule has 0 saturated carbocycles. The predicted octanol–water partition coefficient (Wildman–Crippen LogP) is 5.09. The van der Waals surface area contributed by atoms with Crippen molar-refractivity contribution in [2.75, 3.05) is 6.61 Å². The van der Waals surface area contributed by atoms with E-state index in [-0.39, 0.29) is 23.3 Å². The Labute approximate surface area is 170 Å². The fraction of sp³-hybridized carbons (Fsp3) is 0.450. The Morgan fingerprint density at radius 1 is 1.24 bits per heavy atom. The maximum atomic E-state index is 13.9. The van der Waals surface area contributed by atoms with Crippen LogP contribution in [0.15, 0.2) is 34.9 Å². The summed E-state index contributed by atoms with van der Waals surface area (Å²) < 4.78 is 65.6. The smallest absolute Gasteiger partial charge is 0.411 e. The van der Waals surface area contributed by atoms with E-state index < -0.39 is 39.7 Å². The molecule has 0 aliphatic heterocycles. The van der Waals surface area contributed by atoms with Crippen LogP contribution in [0, 0.1) is 6.92 Å². The van der Waals surface area contributed by atoms with E-state index in [0.717, 1.165) is 0 Å². The number of hydrogen-bond acceptors (Lipinski definition) is 4. The van der Waals surface area contributed by atoms with E-state index >= 15 is 0 Å². The van der Waals surface area contributed by atoms with Gasteiger partial charge in [-0.15, -0.1) is 0 Å². The summed E-state index contributed by atoms with van der Waals surface area (Å²) in [6.45, 7) is 8.04. The Bertz CT molecular complexity index is 900. The van der Waals surface area contributed by atoms with Gasteiger partial charge in [0.15, 0.2) is 6.04 Å². The van der Waals surface area contributed by atoms with Gasteiger partial charge in [-0.25, -0.2) is 13.7 Å². The number of ether oxygens (including phenoxy) is 1. The van der Waals surface area contributed by atoms with Gasteiger partial charge in [0.1, 0.15) is 5.76 Å². The number of alkyl halides is 3. The molecule has 1 N–H and O–H groups in total. The van der Waals surface area contributed by atoms with Crippen LogP contribution in [0.2, 0.25) is 0 Å². The highest BCUT2D eigenvalue weighted by Gasteiger charge is 2.46. The zero-order chi connectivity index (χ0) is 22.0. The summed E-state index contributed by atoms with van der Waals surface area (Å²) in [6, 6.07) is 3.90. The number of hydrogen-bond donors (Lipinski definition) is 1. The molecule has 0 radical (unpaired) electrons. The predicted molar refractivity (Wildman–Crippen MR) is 105 cm³/mol. The number of nitrogens with one attached hydrogen (secondary N) is 1. The first-order chi connectivity index (χ1) is 13.4. The second-order valence-electron chi connectivity index (χ2n) is 7.40. The second-order valence-corrected chi connectivity index (χ2v) is 9.40. The third-order valence-corrected chi connectivity index (χ3v) is 5.63. The highest BCUT2D eigenvalue weighted by molar-refractivity contribution is 7.84. The molecular formula is C20H24F3NO4S. The van der Waals surface area contributed by atoms with Gasteiger partial charge >= 0.3 is 12.1 Å². The molecule has 0 amide bonds. The van der Waals surface area contributed by atoms with Crippen molar-refractivity contribution in [1.82, 2.24) is 4.72 Å². The minimum Gasteiger partial charge on any atom is -0.466 e. The third kappa shape index (κ3) is 5.27. The summed E-state index contributed by atoms with van der Waals surface area (Å²) in [4.78, 5) is 12.3. The molecule has 29 heavy (non-hydrogen) atoms. The summed E-state index contributed by atoms with van der Waals surface area (Å²) in [5.74, 6) is -1.10. The standard InChI is InChI=1S/C20H24F3NO4S/c1-6-27-18(25)14-10-8-7-9-13(14)15-12(2)11-28-16(15)17(20(21,22)23)24-29(26)19(3,4)5/h7-11,17,24H,6H2,1-5H3/t17?,29-/m0/s1. The van der Waals surface area contributed by atoms with E-state index in [4.69, 9.17) is 9.15 Å². The molecule has 0 saturated heterocycles. The Morgan fingerprint density at radius 2 is 1.86 bits per heavy atom. The highest BCUT2D eigenvalue weighted by atomic mass is 32.2. The largest absolute Gasteiger partial charge is 0.466 e. The average molecular weight is 431 g/mol. The highest BCUT2D eigenvalue weighted by Crippen LogP contribution is 2.42. The van der Waals surface area contributed by atoms with E-state index in [9.17, 15) is 22.2 Å². The molecule has 2 aromatic rings. The van der Waals surface area contributed by atoms with Crippen LogP contribution in [0.4, 0.5) is 13.2 Å². The normalized spacial score (nSPS) is 14.5. The van der Waals surface area contributed by atoms with Gasteiger partial charge in [0.05, 0.1) is 34.2 Å². The summed E-state index contributed by atoms with van der Waals surface area (Å²) in [6.07, 6.45) is -3.59. The fourth-order valence-electron chi connectivity index (χ4n) is 2.66. The molecule has 0 spiro atoms. The van der Waals surface area contributed by atoms with Gasteiger partial charge < -0.3 is 9.15 Å². The summed E-state index contributed by atoms with van der Waals surface area (Å²) in [5.41, 5.74) is 0.909. The number of carbonyl (C=O) groups excluding carboxylic acids is 1. The van der Waals surface area contributed by atoms with E-state index in [1.165, 1.54) is 18.4 Å². The number of benzene rings is 1. The van der Waals surface area contributed by atoms with Crippen molar-refractivity contribution in [2.45, 2.75) is 51.6 Å². The van der Waals surface area contributed by atoms with Crippen LogP contribution in [0.25, 0.3) is 11.1 Å². The van der Waals surface area contributed by atoms with Gasteiger partial charge in [-0.1, -0.05) is 18.2 Å². The van der Waals surface area contributed by atoms with Crippen LogP contribution >= 0.6 is 0 Å². The van der Waals surface area contributed by atoms with Crippen molar-refractivity contribution in [1.29, 1.82) is 0 Å². The molecular weight excluding hydrogens is 407 g/mol. The van der Waals surface area contributed by atoms with Crippen LogP contribution in [0.3, 0.4) is 0 Å². The van der Waals surface area contributed by atoms with Crippen molar-refractivity contribution < 1.29 is 31.3 Å². The summed E-state index contributed by atoms with van der Waals surface area (Å²) >= 11 is 0. The molecule has 1 aromatic carbocycles. The molecule has 0 fully saturated rings. The third-order valence-electron chi connectivity index (χ3n) is 4.07. The lowest BCUT2D eigenvalue weighted by Crippen LogP contribution is -2.41. The summed E-state index contributed by atoms with van der Waals surface area (Å²) in [7, 11) is -2.01. The SMILES string of the molecule is CCOC(=O)c1ccccc1-c1c(C)coc1C(N[S@@](=O)C(C)(C)C)C(F)(F)F. The van der Waals surface area contributed by atoms with Gasteiger partial charge in [0.25, 0.3) is 0 Å². The monoisotopic (exact) mass is 431 g/mol. The Morgan fingerprint density at radius 3 is 2.41 bits per heavy atom. The zero-order valence-electron chi connectivity index (χ0n) is 16.8. The quantitative estimate of drug-likeness (QED) is 0.647. The van der Waals surface area contributed by atoms with Gasteiger partial charge in [-0.3, -0.25) is 0 Å². The number of carbonyl (C=O) groups is 1. The van der Waals surface area contributed by atoms with Crippen molar-refractivity contribution in [3.8, 4) is 11.1 Å². The number of esters is 1. The molecule has 0 aliphatic carbocycles. The van der Waals surface area contributed by atoms with E-state index in [1.54, 1.807) is 46.8 Å². The lowest BCUT2D eigenvalue weighted by molar-refractivity contribution is -0.156. The maximum Gasteiger partial charge on any atom is 0.411 e. The van der Waals surface area contributed by atoms with Crippen LogP contribution in [-0.4, -0.2) is 27.7 Å². The Kier molecular flexibility index (Phi) is 6.95. The first kappa shape index (κ1) is 23.2. The van der Waals surface area contributed by atoms with E-state index in [2.05, 4.69) is 4.72 Å². The van der Waals surface area contributed by atoms with Crippen LogP contribution in [-0.2, 0) is 15.7 Å². The zero-order valence-corrected chi connectivity index (χ0v) is 17.7. The number of rotatable bonds is 6. The van der Waals surface area contributed by atoms with Crippen molar-refractivity contribution >= 4 is 17.0 Å².